The van der Waals surface area contributed by atoms with E-state index in [4.69, 9.17) is 0 Å². The molecule has 0 aromatic carbocycles. The summed E-state index contributed by atoms with van der Waals surface area (Å²) in [5.74, 6) is 0.337. The van der Waals surface area contributed by atoms with Gasteiger partial charge in [0.15, 0.2) is 0 Å². The Kier molecular flexibility index (Phi) is 7.25. The van der Waals surface area contributed by atoms with Crippen LogP contribution in [0.1, 0.15) is 70.5 Å². The molecule has 0 atom stereocenters. The van der Waals surface area contributed by atoms with Crippen LogP contribution in [0.3, 0.4) is 0 Å². The van der Waals surface area contributed by atoms with Crippen LogP contribution in [0.5, 0.6) is 0 Å². The Morgan fingerprint density at radius 3 is 2.28 bits per heavy atom. The van der Waals surface area contributed by atoms with Gasteiger partial charge >= 0.3 is 0 Å². The number of pyridine rings is 1. The Balaban J connectivity index is 0. The zero-order valence-electron chi connectivity index (χ0n) is 12.7. The van der Waals surface area contributed by atoms with Crippen molar-refractivity contribution in [2.24, 2.45) is 0 Å². The summed E-state index contributed by atoms with van der Waals surface area (Å²) in [6, 6.07) is 2.08. The van der Waals surface area contributed by atoms with E-state index in [1.54, 1.807) is 6.20 Å². The van der Waals surface area contributed by atoms with Gasteiger partial charge < -0.3 is 5.32 Å². The van der Waals surface area contributed by atoms with Crippen molar-refractivity contribution in [1.29, 1.82) is 0 Å². The molecule has 1 amide bonds. The van der Waals surface area contributed by atoms with Gasteiger partial charge in [0.25, 0.3) is 5.91 Å². The average molecular weight is 252 g/mol. The van der Waals surface area contributed by atoms with E-state index in [0.29, 0.717) is 11.5 Å². The SMILES string of the molecule is CC.Cc1ncc(C(=O)NC(C)C)cc1C(C)C.[HH]. The summed E-state index contributed by atoms with van der Waals surface area (Å²) in [6.45, 7) is 14.1. The monoisotopic (exact) mass is 252 g/mol. The first-order valence-corrected chi connectivity index (χ1v) is 6.69. The Hall–Kier alpha value is -1.38. The molecule has 1 aromatic rings. The van der Waals surface area contributed by atoms with Gasteiger partial charge in [-0.2, -0.15) is 0 Å². The molecule has 1 N–H and O–H groups in total. The van der Waals surface area contributed by atoms with Crippen molar-refractivity contribution >= 4 is 5.91 Å². The Labute approximate surface area is 113 Å². The van der Waals surface area contributed by atoms with Crippen LogP contribution in [0, 0.1) is 6.92 Å². The number of amides is 1. The maximum Gasteiger partial charge on any atom is 0.253 e. The van der Waals surface area contributed by atoms with Gasteiger partial charge in [0.1, 0.15) is 0 Å². The number of nitrogens with one attached hydrogen (secondary N) is 1. The molecule has 0 saturated heterocycles. The van der Waals surface area contributed by atoms with Crippen LogP contribution in [0.4, 0.5) is 0 Å². The van der Waals surface area contributed by atoms with Crippen molar-refractivity contribution < 1.29 is 6.22 Å². The van der Waals surface area contributed by atoms with Crippen molar-refractivity contribution in [3.05, 3.63) is 29.1 Å². The first-order chi connectivity index (χ1) is 8.41. The number of hydrogen-bond donors (Lipinski definition) is 1. The molecule has 0 aliphatic carbocycles. The molecule has 1 rings (SSSR count). The standard InChI is InChI=1S/C13H20N2O.C2H6.H2/c1-8(2)12-6-11(7-14-10(12)5)13(16)15-9(3)4;1-2;/h6-9H,1-5H3,(H,15,16);1-2H3;1H. The molecule has 3 heteroatoms. The smallest absolute Gasteiger partial charge is 0.253 e. The minimum absolute atomic E-state index is 0. The number of hydrogen-bond acceptors (Lipinski definition) is 2. The Morgan fingerprint density at radius 2 is 1.83 bits per heavy atom. The minimum Gasteiger partial charge on any atom is -0.350 e. The number of aryl methyl sites for hydroxylation is 1. The average Bonchev–Trinajstić information content (AvgIpc) is 2.30. The summed E-state index contributed by atoms with van der Waals surface area (Å²) in [5, 5.41) is 2.87. The molecule has 1 aromatic heterocycles. The molecular weight excluding hydrogens is 224 g/mol. The minimum atomic E-state index is -0.0515. The van der Waals surface area contributed by atoms with Gasteiger partial charge in [-0.15, -0.1) is 0 Å². The third kappa shape index (κ3) is 4.86. The highest BCUT2D eigenvalue weighted by atomic mass is 16.1. The van der Waals surface area contributed by atoms with E-state index in [1.165, 1.54) is 0 Å². The van der Waals surface area contributed by atoms with Gasteiger partial charge in [-0.1, -0.05) is 27.7 Å². The quantitative estimate of drug-likeness (QED) is 0.885. The van der Waals surface area contributed by atoms with Crippen molar-refractivity contribution in [3.8, 4) is 0 Å². The largest absolute Gasteiger partial charge is 0.350 e. The van der Waals surface area contributed by atoms with E-state index in [9.17, 15) is 4.79 Å². The lowest BCUT2D eigenvalue weighted by atomic mass is 10.00. The molecule has 0 spiro atoms. The van der Waals surface area contributed by atoms with E-state index >= 15 is 0 Å². The molecule has 0 aliphatic heterocycles. The number of rotatable bonds is 3. The van der Waals surface area contributed by atoms with Gasteiger partial charge in [0, 0.05) is 19.4 Å². The molecule has 0 radical (unpaired) electrons. The molecule has 18 heavy (non-hydrogen) atoms. The molecular formula is C15H28N2O. The van der Waals surface area contributed by atoms with Gasteiger partial charge in [-0.25, -0.2) is 0 Å². The van der Waals surface area contributed by atoms with Crippen LogP contribution in [-0.4, -0.2) is 16.9 Å². The molecule has 1 heterocycles. The van der Waals surface area contributed by atoms with Crippen LogP contribution in [0.15, 0.2) is 12.3 Å². The van der Waals surface area contributed by atoms with Crippen LogP contribution in [0.2, 0.25) is 0 Å². The van der Waals surface area contributed by atoms with E-state index in [1.807, 2.05) is 40.7 Å². The Morgan fingerprint density at radius 1 is 1.28 bits per heavy atom. The number of nitrogens with zero attached hydrogens (tertiary/aromatic N) is 1. The molecule has 0 fully saturated rings. The molecule has 0 aliphatic rings. The number of carbonyl (C=O) groups is 1. The third-order valence-corrected chi connectivity index (χ3v) is 2.43. The summed E-state index contributed by atoms with van der Waals surface area (Å²) in [7, 11) is 0. The van der Waals surface area contributed by atoms with Crippen molar-refractivity contribution in [3.63, 3.8) is 0 Å². The second kappa shape index (κ2) is 7.85. The van der Waals surface area contributed by atoms with E-state index in [-0.39, 0.29) is 13.4 Å². The molecule has 104 valence electrons. The number of carbonyl (C=O) groups excluding carboxylic acids is 1. The van der Waals surface area contributed by atoms with E-state index in [0.717, 1.165) is 11.3 Å². The second-order valence-electron chi connectivity index (χ2n) is 4.68. The van der Waals surface area contributed by atoms with E-state index in [2.05, 4.69) is 24.1 Å². The maximum absolute atomic E-state index is 11.8. The first-order valence-electron chi connectivity index (χ1n) is 6.69. The van der Waals surface area contributed by atoms with Gasteiger partial charge in [-0.3, -0.25) is 9.78 Å². The van der Waals surface area contributed by atoms with Crippen LogP contribution in [0.25, 0.3) is 0 Å². The number of aromatic nitrogens is 1. The fourth-order valence-electron chi connectivity index (χ4n) is 1.60. The van der Waals surface area contributed by atoms with Crippen molar-refractivity contribution in [2.75, 3.05) is 0 Å². The van der Waals surface area contributed by atoms with Crippen molar-refractivity contribution in [1.82, 2.24) is 10.3 Å². The lowest BCUT2D eigenvalue weighted by Crippen LogP contribution is -2.30. The van der Waals surface area contributed by atoms with Crippen LogP contribution in [-0.2, 0) is 0 Å². The summed E-state index contributed by atoms with van der Waals surface area (Å²) in [4.78, 5) is 16.1. The predicted octanol–water partition coefficient (Wildman–Crippen LogP) is 3.92. The van der Waals surface area contributed by atoms with Crippen LogP contribution >= 0.6 is 0 Å². The summed E-state index contributed by atoms with van der Waals surface area (Å²) in [5.41, 5.74) is 2.77. The third-order valence-electron chi connectivity index (χ3n) is 2.43. The molecule has 0 saturated carbocycles. The lowest BCUT2D eigenvalue weighted by molar-refractivity contribution is 0.0942. The molecule has 0 bridgehead atoms. The maximum atomic E-state index is 11.8. The molecule has 3 nitrogen and oxygen atoms in total. The zero-order valence-corrected chi connectivity index (χ0v) is 12.7. The normalized spacial score (nSPS) is 10.1. The highest BCUT2D eigenvalue weighted by molar-refractivity contribution is 5.94. The highest BCUT2D eigenvalue weighted by Crippen LogP contribution is 2.18. The van der Waals surface area contributed by atoms with Gasteiger partial charge in [-0.05, 0) is 38.3 Å². The summed E-state index contributed by atoms with van der Waals surface area (Å²) in [6.07, 6.45) is 1.64. The van der Waals surface area contributed by atoms with Crippen molar-refractivity contribution in [2.45, 2.75) is 60.4 Å². The second-order valence-corrected chi connectivity index (χ2v) is 4.68. The highest BCUT2D eigenvalue weighted by Gasteiger charge is 2.11. The van der Waals surface area contributed by atoms with Crippen LogP contribution < -0.4 is 5.32 Å². The van der Waals surface area contributed by atoms with E-state index < -0.39 is 0 Å². The predicted molar refractivity (Wildman–Crippen MR) is 79.1 cm³/mol. The summed E-state index contributed by atoms with van der Waals surface area (Å²) >= 11 is 0. The van der Waals surface area contributed by atoms with Gasteiger partial charge in [0.05, 0.1) is 5.56 Å². The Bertz CT molecular complexity index is 390. The fourth-order valence-corrected chi connectivity index (χ4v) is 1.60. The lowest BCUT2D eigenvalue weighted by Gasteiger charge is -2.12. The molecule has 0 unspecified atom stereocenters. The zero-order chi connectivity index (χ0) is 14.3. The summed E-state index contributed by atoms with van der Waals surface area (Å²) < 4.78 is 0. The first kappa shape index (κ1) is 16.6. The topological polar surface area (TPSA) is 42.0 Å². The fraction of sp³-hybridized carbons (Fsp3) is 0.600. The van der Waals surface area contributed by atoms with Gasteiger partial charge in [0.2, 0.25) is 0 Å².